The fourth-order valence-electron chi connectivity index (χ4n) is 2.19. The van der Waals surface area contributed by atoms with Gasteiger partial charge in [-0.25, -0.2) is 4.79 Å². The van der Waals surface area contributed by atoms with Crippen molar-refractivity contribution in [3.05, 3.63) is 59.1 Å². The van der Waals surface area contributed by atoms with Gasteiger partial charge in [0.05, 0.1) is 12.1 Å². The SMILES string of the molecule is CCOc1ccc(NC(=O)NC(C)(C)c2ccc(Cl)cc2)cc1. The summed E-state index contributed by atoms with van der Waals surface area (Å²) in [6.07, 6.45) is 0. The maximum Gasteiger partial charge on any atom is 0.319 e. The highest BCUT2D eigenvalue weighted by Gasteiger charge is 2.22. The monoisotopic (exact) mass is 332 g/mol. The molecule has 2 aromatic rings. The van der Waals surface area contributed by atoms with E-state index in [4.69, 9.17) is 16.3 Å². The second-order valence-corrected chi connectivity index (χ2v) is 6.10. The largest absolute Gasteiger partial charge is 0.494 e. The molecule has 0 saturated heterocycles. The van der Waals surface area contributed by atoms with Crippen molar-refractivity contribution in [1.29, 1.82) is 0 Å². The fourth-order valence-corrected chi connectivity index (χ4v) is 2.31. The highest BCUT2D eigenvalue weighted by molar-refractivity contribution is 6.30. The van der Waals surface area contributed by atoms with Gasteiger partial charge in [0.25, 0.3) is 0 Å². The number of hydrogen-bond donors (Lipinski definition) is 2. The summed E-state index contributed by atoms with van der Waals surface area (Å²) in [4.78, 5) is 12.2. The quantitative estimate of drug-likeness (QED) is 0.826. The van der Waals surface area contributed by atoms with Crippen molar-refractivity contribution in [2.45, 2.75) is 26.3 Å². The van der Waals surface area contributed by atoms with E-state index < -0.39 is 5.54 Å². The van der Waals surface area contributed by atoms with Crippen LogP contribution >= 0.6 is 11.6 Å². The van der Waals surface area contributed by atoms with E-state index in [9.17, 15) is 4.79 Å². The summed E-state index contributed by atoms with van der Waals surface area (Å²) in [5.74, 6) is 0.778. The second kappa shape index (κ2) is 7.38. The first-order chi connectivity index (χ1) is 10.9. The van der Waals surface area contributed by atoms with Gasteiger partial charge in [0.2, 0.25) is 0 Å². The lowest BCUT2D eigenvalue weighted by Gasteiger charge is -2.27. The lowest BCUT2D eigenvalue weighted by Crippen LogP contribution is -2.43. The van der Waals surface area contributed by atoms with Gasteiger partial charge in [-0.2, -0.15) is 0 Å². The molecule has 2 N–H and O–H groups in total. The van der Waals surface area contributed by atoms with Gasteiger partial charge in [0, 0.05) is 10.7 Å². The summed E-state index contributed by atoms with van der Waals surface area (Å²) in [7, 11) is 0. The highest BCUT2D eigenvalue weighted by Crippen LogP contribution is 2.22. The molecule has 0 aliphatic rings. The Labute approximate surface area is 141 Å². The van der Waals surface area contributed by atoms with Gasteiger partial charge in [-0.15, -0.1) is 0 Å². The molecular weight excluding hydrogens is 312 g/mol. The van der Waals surface area contributed by atoms with E-state index in [-0.39, 0.29) is 6.03 Å². The predicted octanol–water partition coefficient (Wildman–Crippen LogP) is 4.80. The maximum absolute atomic E-state index is 12.2. The van der Waals surface area contributed by atoms with E-state index in [0.29, 0.717) is 17.3 Å². The molecule has 2 rings (SSSR count). The van der Waals surface area contributed by atoms with Crippen molar-refractivity contribution in [3.63, 3.8) is 0 Å². The van der Waals surface area contributed by atoms with Gasteiger partial charge in [-0.3, -0.25) is 0 Å². The zero-order valence-electron chi connectivity index (χ0n) is 13.5. The van der Waals surface area contributed by atoms with E-state index >= 15 is 0 Å². The van der Waals surface area contributed by atoms with Crippen molar-refractivity contribution < 1.29 is 9.53 Å². The Balaban J connectivity index is 1.99. The van der Waals surface area contributed by atoms with Crippen molar-refractivity contribution in [2.24, 2.45) is 0 Å². The molecule has 0 radical (unpaired) electrons. The number of hydrogen-bond acceptors (Lipinski definition) is 2. The van der Waals surface area contributed by atoms with Crippen LogP contribution < -0.4 is 15.4 Å². The topological polar surface area (TPSA) is 50.4 Å². The maximum atomic E-state index is 12.2. The molecule has 0 atom stereocenters. The van der Waals surface area contributed by atoms with Crippen LogP contribution in [0.3, 0.4) is 0 Å². The van der Waals surface area contributed by atoms with Crippen LogP contribution in [0.2, 0.25) is 5.02 Å². The average Bonchev–Trinajstić information content (AvgIpc) is 2.49. The summed E-state index contributed by atoms with van der Waals surface area (Å²) >= 11 is 5.90. The predicted molar refractivity (Wildman–Crippen MR) is 94.2 cm³/mol. The Morgan fingerprint density at radius 2 is 1.70 bits per heavy atom. The molecule has 0 aliphatic carbocycles. The number of benzene rings is 2. The number of anilines is 1. The van der Waals surface area contributed by atoms with Crippen LogP contribution in [0.4, 0.5) is 10.5 Å². The summed E-state index contributed by atoms with van der Waals surface area (Å²) in [5.41, 5.74) is 1.17. The number of halogens is 1. The Kier molecular flexibility index (Phi) is 5.50. The third-order valence-corrected chi connectivity index (χ3v) is 3.67. The van der Waals surface area contributed by atoms with Crippen LogP contribution in [0.1, 0.15) is 26.3 Å². The van der Waals surface area contributed by atoms with Crippen molar-refractivity contribution in [2.75, 3.05) is 11.9 Å². The molecule has 0 spiro atoms. The first-order valence-electron chi connectivity index (χ1n) is 7.49. The van der Waals surface area contributed by atoms with Crippen LogP contribution in [0.15, 0.2) is 48.5 Å². The minimum Gasteiger partial charge on any atom is -0.494 e. The van der Waals surface area contributed by atoms with Crippen LogP contribution in [0, 0.1) is 0 Å². The van der Waals surface area contributed by atoms with Crippen LogP contribution in [0.25, 0.3) is 0 Å². The number of rotatable bonds is 5. The molecule has 0 aromatic heterocycles. The van der Waals surface area contributed by atoms with E-state index in [1.54, 1.807) is 12.1 Å². The Hall–Kier alpha value is -2.20. The fraction of sp³-hybridized carbons (Fsp3) is 0.278. The van der Waals surface area contributed by atoms with Crippen molar-refractivity contribution >= 4 is 23.3 Å². The summed E-state index contributed by atoms with van der Waals surface area (Å²) in [6, 6.07) is 14.4. The molecule has 0 heterocycles. The van der Waals surface area contributed by atoms with Crippen LogP contribution in [-0.4, -0.2) is 12.6 Å². The van der Waals surface area contributed by atoms with E-state index in [2.05, 4.69) is 10.6 Å². The zero-order valence-corrected chi connectivity index (χ0v) is 14.3. The molecule has 4 nitrogen and oxygen atoms in total. The van der Waals surface area contributed by atoms with Gasteiger partial charge in [0.1, 0.15) is 5.75 Å². The van der Waals surface area contributed by atoms with Crippen LogP contribution in [-0.2, 0) is 5.54 Å². The minimum atomic E-state index is -0.514. The summed E-state index contributed by atoms with van der Waals surface area (Å²) in [6.45, 7) is 6.42. The Morgan fingerprint density at radius 3 is 2.26 bits per heavy atom. The molecule has 122 valence electrons. The zero-order chi connectivity index (χ0) is 16.9. The van der Waals surface area contributed by atoms with Gasteiger partial charge in [0.15, 0.2) is 0 Å². The van der Waals surface area contributed by atoms with Crippen molar-refractivity contribution in [1.82, 2.24) is 5.32 Å². The molecule has 0 aliphatic heterocycles. The molecule has 2 amide bonds. The molecule has 0 unspecified atom stereocenters. The van der Waals surface area contributed by atoms with Crippen LogP contribution in [0.5, 0.6) is 5.75 Å². The number of carbonyl (C=O) groups is 1. The van der Waals surface area contributed by atoms with Gasteiger partial charge in [-0.1, -0.05) is 23.7 Å². The molecule has 0 saturated carbocycles. The van der Waals surface area contributed by atoms with Gasteiger partial charge < -0.3 is 15.4 Å². The molecule has 0 fully saturated rings. The number of carbonyl (C=O) groups excluding carboxylic acids is 1. The smallest absolute Gasteiger partial charge is 0.319 e. The lowest BCUT2D eigenvalue weighted by atomic mass is 9.94. The summed E-state index contributed by atoms with van der Waals surface area (Å²) < 4.78 is 5.37. The molecule has 23 heavy (non-hydrogen) atoms. The third-order valence-electron chi connectivity index (χ3n) is 3.42. The number of amides is 2. The first kappa shape index (κ1) is 17.2. The number of ether oxygens (including phenoxy) is 1. The summed E-state index contributed by atoms with van der Waals surface area (Å²) in [5, 5.41) is 6.44. The molecule has 2 aromatic carbocycles. The lowest BCUT2D eigenvalue weighted by molar-refractivity contribution is 0.242. The van der Waals surface area contributed by atoms with E-state index in [1.165, 1.54) is 0 Å². The van der Waals surface area contributed by atoms with E-state index in [0.717, 1.165) is 11.3 Å². The van der Waals surface area contributed by atoms with E-state index in [1.807, 2.05) is 57.2 Å². The Bertz CT molecular complexity index is 652. The second-order valence-electron chi connectivity index (χ2n) is 5.67. The molecule has 5 heteroatoms. The number of nitrogens with one attached hydrogen (secondary N) is 2. The van der Waals surface area contributed by atoms with Gasteiger partial charge >= 0.3 is 6.03 Å². The molecular formula is C18H21ClN2O2. The standard InChI is InChI=1S/C18H21ClN2O2/c1-4-23-16-11-9-15(10-12-16)20-17(22)21-18(2,3)13-5-7-14(19)8-6-13/h5-12H,4H2,1-3H3,(H2,20,21,22). The van der Waals surface area contributed by atoms with Gasteiger partial charge in [-0.05, 0) is 62.7 Å². The minimum absolute atomic E-state index is 0.269. The third kappa shape index (κ3) is 4.89. The van der Waals surface area contributed by atoms with Crippen molar-refractivity contribution in [3.8, 4) is 5.75 Å². The Morgan fingerprint density at radius 1 is 1.09 bits per heavy atom. The normalized spacial score (nSPS) is 11.0. The molecule has 0 bridgehead atoms. The number of urea groups is 1. The first-order valence-corrected chi connectivity index (χ1v) is 7.86. The average molecular weight is 333 g/mol. The highest BCUT2D eigenvalue weighted by atomic mass is 35.5.